The molecule has 2 aromatic rings. The van der Waals surface area contributed by atoms with Crippen LogP contribution in [-0.2, 0) is 25.1 Å². The molecule has 134 valence electrons. The van der Waals surface area contributed by atoms with Crippen LogP contribution in [0.3, 0.4) is 0 Å². The number of pyridine rings is 1. The lowest BCUT2D eigenvalue weighted by molar-refractivity contribution is -0.168. The summed E-state index contributed by atoms with van der Waals surface area (Å²) in [6.07, 6.45) is 2.68. The van der Waals surface area contributed by atoms with Crippen LogP contribution in [0.25, 0.3) is 10.9 Å². The van der Waals surface area contributed by atoms with Gasteiger partial charge in [-0.1, -0.05) is 18.2 Å². The molecule has 0 bridgehead atoms. The Morgan fingerprint density at radius 3 is 2.92 bits per heavy atom. The summed E-state index contributed by atoms with van der Waals surface area (Å²) in [4.78, 5) is 15.2. The van der Waals surface area contributed by atoms with Crippen LogP contribution < -0.4 is 0 Å². The predicted octanol–water partition coefficient (Wildman–Crippen LogP) is 1.54. The van der Waals surface area contributed by atoms with Gasteiger partial charge in [0, 0.05) is 18.2 Å². The summed E-state index contributed by atoms with van der Waals surface area (Å²) < 4.78 is 30.6. The number of benzene rings is 1. The van der Waals surface area contributed by atoms with Crippen LogP contribution in [0.5, 0.6) is 0 Å². The van der Waals surface area contributed by atoms with Gasteiger partial charge in [-0.15, -0.1) is 0 Å². The number of hydroxylamine groups is 2. The van der Waals surface area contributed by atoms with Crippen molar-refractivity contribution >= 4 is 27.2 Å². The molecule has 1 N–H and O–H groups in total. The molecule has 1 aromatic heterocycles. The third-order valence-electron chi connectivity index (χ3n) is 4.30. The molecular formula is C17H20N2O5S. The zero-order valence-electron chi connectivity index (χ0n) is 13.6. The third kappa shape index (κ3) is 4.33. The molecule has 1 amide bonds. The lowest BCUT2D eigenvalue weighted by Gasteiger charge is -2.27. The number of para-hydroxylation sites is 1. The van der Waals surface area contributed by atoms with Crippen LogP contribution >= 0.6 is 0 Å². The Balaban J connectivity index is 1.77. The van der Waals surface area contributed by atoms with Crippen LogP contribution in [0.2, 0.25) is 0 Å². The number of amides is 1. The lowest BCUT2D eigenvalue weighted by atomic mass is 10.1. The van der Waals surface area contributed by atoms with Crippen molar-refractivity contribution in [1.29, 1.82) is 0 Å². The first kappa shape index (κ1) is 17.8. The predicted molar refractivity (Wildman–Crippen MR) is 91.7 cm³/mol. The van der Waals surface area contributed by atoms with Crippen molar-refractivity contribution in [3.8, 4) is 0 Å². The second-order valence-electron chi connectivity index (χ2n) is 6.20. The second-order valence-corrected chi connectivity index (χ2v) is 8.30. The van der Waals surface area contributed by atoms with Crippen LogP contribution in [-0.4, -0.2) is 54.6 Å². The lowest BCUT2D eigenvalue weighted by Crippen LogP contribution is -2.45. The van der Waals surface area contributed by atoms with Gasteiger partial charge < -0.3 is 4.74 Å². The fraction of sp³-hybridized carbons (Fsp3) is 0.412. The first-order valence-corrected chi connectivity index (χ1v) is 9.89. The first-order chi connectivity index (χ1) is 12.0. The molecule has 25 heavy (non-hydrogen) atoms. The van der Waals surface area contributed by atoms with E-state index in [1.165, 1.54) is 6.20 Å². The van der Waals surface area contributed by atoms with Crippen LogP contribution in [0.15, 0.2) is 36.5 Å². The van der Waals surface area contributed by atoms with Gasteiger partial charge in [-0.3, -0.25) is 15.0 Å². The van der Waals surface area contributed by atoms with Gasteiger partial charge >= 0.3 is 0 Å². The summed E-state index contributed by atoms with van der Waals surface area (Å²) in [5, 5.41) is 11.0. The maximum absolute atomic E-state index is 12.6. The minimum atomic E-state index is -3.58. The van der Waals surface area contributed by atoms with E-state index < -0.39 is 22.0 Å². The van der Waals surface area contributed by atoms with Crippen molar-refractivity contribution in [1.82, 2.24) is 10.0 Å². The maximum atomic E-state index is 12.6. The average Bonchev–Trinajstić information content (AvgIpc) is 3.13. The third-order valence-corrected chi connectivity index (χ3v) is 5.92. The van der Waals surface area contributed by atoms with Gasteiger partial charge in [-0.25, -0.2) is 13.5 Å². The molecule has 1 saturated heterocycles. The highest BCUT2D eigenvalue weighted by atomic mass is 32.2. The first-order valence-electron chi connectivity index (χ1n) is 8.07. The monoisotopic (exact) mass is 364 g/mol. The van der Waals surface area contributed by atoms with E-state index in [4.69, 9.17) is 4.74 Å². The Morgan fingerprint density at radius 1 is 1.40 bits per heavy atom. The molecule has 1 aliphatic rings. The standard InChI is InChI=1S/C17H20N2O5S/c20-12-19(21)16(17-6-3-7-24-17)11-25(22,23)10-13-8-14-4-1-2-5-15(14)18-9-13/h1-2,4-5,8-9,12,16-17,21H,3,6-7,10-11H2/t16-,17?/m0/s1. The summed E-state index contributed by atoms with van der Waals surface area (Å²) in [6, 6.07) is 8.34. The van der Waals surface area contributed by atoms with Crippen LogP contribution in [0, 0.1) is 0 Å². The van der Waals surface area contributed by atoms with Crippen molar-refractivity contribution in [3.05, 3.63) is 42.1 Å². The number of nitrogens with zero attached hydrogens (tertiary/aromatic N) is 2. The molecule has 8 heteroatoms. The molecular weight excluding hydrogens is 344 g/mol. The number of hydrogen-bond acceptors (Lipinski definition) is 6. The Kier molecular flexibility index (Phi) is 5.31. The van der Waals surface area contributed by atoms with Gasteiger partial charge in [0.15, 0.2) is 9.84 Å². The Morgan fingerprint density at radius 2 is 2.20 bits per heavy atom. The molecule has 0 saturated carbocycles. The largest absolute Gasteiger partial charge is 0.376 e. The summed E-state index contributed by atoms with van der Waals surface area (Å²) in [5.74, 6) is -0.569. The summed E-state index contributed by atoms with van der Waals surface area (Å²) in [6.45, 7) is 0.502. The van der Waals surface area contributed by atoms with Gasteiger partial charge in [-0.2, -0.15) is 0 Å². The van der Waals surface area contributed by atoms with E-state index >= 15 is 0 Å². The van der Waals surface area contributed by atoms with E-state index in [0.29, 0.717) is 23.7 Å². The molecule has 1 aliphatic heterocycles. The number of ether oxygens (including phenoxy) is 1. The number of carbonyl (C=O) groups is 1. The minimum absolute atomic E-state index is 0.208. The topological polar surface area (TPSA) is 96.8 Å². The van der Waals surface area contributed by atoms with E-state index in [2.05, 4.69) is 4.98 Å². The summed E-state index contributed by atoms with van der Waals surface area (Å²) >= 11 is 0. The quantitative estimate of drug-likeness (QED) is 0.455. The highest BCUT2D eigenvalue weighted by molar-refractivity contribution is 7.90. The molecule has 0 aliphatic carbocycles. The van der Waals surface area contributed by atoms with Crippen molar-refractivity contribution in [2.24, 2.45) is 0 Å². The van der Waals surface area contributed by atoms with Gasteiger partial charge in [0.2, 0.25) is 6.41 Å². The van der Waals surface area contributed by atoms with E-state index in [-0.39, 0.29) is 17.9 Å². The minimum Gasteiger partial charge on any atom is -0.376 e. The molecule has 1 fully saturated rings. The van der Waals surface area contributed by atoms with E-state index in [1.807, 2.05) is 24.3 Å². The van der Waals surface area contributed by atoms with Gasteiger partial charge in [-0.05, 0) is 30.5 Å². The Hall–Kier alpha value is -2.03. The molecule has 1 aromatic carbocycles. The highest BCUT2D eigenvalue weighted by Gasteiger charge is 2.34. The van der Waals surface area contributed by atoms with E-state index in [0.717, 1.165) is 17.3 Å². The smallest absolute Gasteiger partial charge is 0.233 e. The molecule has 1 unspecified atom stereocenters. The second kappa shape index (κ2) is 7.47. The fourth-order valence-corrected chi connectivity index (χ4v) is 4.78. The van der Waals surface area contributed by atoms with Crippen LogP contribution in [0.4, 0.5) is 0 Å². The number of carbonyl (C=O) groups excluding carboxylic acids is 1. The van der Waals surface area contributed by atoms with Gasteiger partial charge in [0.05, 0.1) is 29.2 Å². The number of hydrogen-bond donors (Lipinski definition) is 1. The van der Waals surface area contributed by atoms with E-state index in [9.17, 15) is 18.4 Å². The van der Waals surface area contributed by atoms with Gasteiger partial charge in [0.25, 0.3) is 0 Å². The fourth-order valence-electron chi connectivity index (χ4n) is 3.11. The number of rotatable bonds is 7. The van der Waals surface area contributed by atoms with E-state index in [1.54, 1.807) is 6.07 Å². The van der Waals surface area contributed by atoms with Gasteiger partial charge in [0.1, 0.15) is 0 Å². The molecule has 3 rings (SSSR count). The van der Waals surface area contributed by atoms with Crippen molar-refractivity contribution in [3.63, 3.8) is 0 Å². The Labute approximate surface area is 146 Å². The number of fused-ring (bicyclic) bond motifs is 1. The van der Waals surface area contributed by atoms with Crippen molar-refractivity contribution in [2.45, 2.75) is 30.7 Å². The van der Waals surface area contributed by atoms with Crippen molar-refractivity contribution in [2.75, 3.05) is 12.4 Å². The molecule has 0 spiro atoms. The zero-order chi connectivity index (χ0) is 17.9. The summed E-state index contributed by atoms with van der Waals surface area (Å²) in [5.41, 5.74) is 1.36. The molecule has 0 radical (unpaired) electrons. The number of sulfone groups is 1. The van der Waals surface area contributed by atoms with Crippen LogP contribution in [0.1, 0.15) is 18.4 Å². The maximum Gasteiger partial charge on any atom is 0.233 e. The Bertz CT molecular complexity index is 849. The molecule has 2 heterocycles. The number of aromatic nitrogens is 1. The molecule has 2 atom stereocenters. The average molecular weight is 364 g/mol. The normalized spacial score (nSPS) is 19.0. The summed E-state index contributed by atoms with van der Waals surface area (Å²) in [7, 11) is -3.58. The molecule has 7 nitrogen and oxygen atoms in total. The zero-order valence-corrected chi connectivity index (χ0v) is 14.4. The SMILES string of the molecule is O=CN(O)[C@@H](CS(=O)(=O)Cc1cnc2ccccc2c1)C1CCCO1. The highest BCUT2D eigenvalue weighted by Crippen LogP contribution is 2.21. The van der Waals surface area contributed by atoms with Crippen molar-refractivity contribution < 1.29 is 23.2 Å².